The minimum Gasteiger partial charge on any atom is -0.317 e. The average Bonchev–Trinajstić information content (AvgIpc) is 2.77. The minimum absolute atomic E-state index is 0.214. The lowest BCUT2D eigenvalue weighted by Gasteiger charge is -2.07. The van der Waals surface area contributed by atoms with Crippen molar-refractivity contribution < 1.29 is 8.42 Å². The molecule has 1 rings (SSSR count). The third kappa shape index (κ3) is 7.06. The number of sulfonamides is 1. The Hall–Kier alpha value is -0.430. The van der Waals surface area contributed by atoms with Gasteiger partial charge in [0.05, 0.1) is 5.75 Å². The molecule has 0 amide bonds. The van der Waals surface area contributed by atoms with Crippen LogP contribution < -0.4 is 10.0 Å². The summed E-state index contributed by atoms with van der Waals surface area (Å²) in [5, 5.41) is 5.25. The molecule has 0 saturated carbocycles. The Bertz CT molecular complexity index is 455. The first-order valence-corrected chi connectivity index (χ1v) is 9.29. The van der Waals surface area contributed by atoms with Gasteiger partial charge in [-0.2, -0.15) is 0 Å². The Balaban J connectivity index is 2.19. The second kappa shape index (κ2) is 8.68. The van der Waals surface area contributed by atoms with Gasteiger partial charge in [-0.15, -0.1) is 11.3 Å². The highest BCUT2D eigenvalue weighted by Gasteiger charge is 2.10. The monoisotopic (exact) mass is 304 g/mol. The van der Waals surface area contributed by atoms with Crippen molar-refractivity contribution in [3.8, 4) is 0 Å². The van der Waals surface area contributed by atoms with Crippen LogP contribution in [0.2, 0.25) is 0 Å². The molecule has 0 aliphatic heterocycles. The van der Waals surface area contributed by atoms with Crippen molar-refractivity contribution in [2.24, 2.45) is 0 Å². The van der Waals surface area contributed by atoms with E-state index in [0.29, 0.717) is 13.0 Å². The second-order valence-electron chi connectivity index (χ2n) is 4.62. The SMILES string of the molecule is CCCNCCCCS(=O)(=O)NCc1sccc1C. The normalized spacial score (nSPS) is 11.9. The predicted molar refractivity (Wildman–Crippen MR) is 82.1 cm³/mol. The van der Waals surface area contributed by atoms with Crippen LogP contribution in [0.3, 0.4) is 0 Å². The third-order valence-corrected chi connectivity index (χ3v) is 5.30. The van der Waals surface area contributed by atoms with Crippen LogP contribution in [-0.4, -0.2) is 27.3 Å². The maximum atomic E-state index is 11.8. The smallest absolute Gasteiger partial charge is 0.211 e. The van der Waals surface area contributed by atoms with Gasteiger partial charge in [-0.3, -0.25) is 0 Å². The average molecular weight is 304 g/mol. The Morgan fingerprint density at radius 3 is 2.68 bits per heavy atom. The first-order chi connectivity index (χ1) is 9.05. The lowest BCUT2D eigenvalue weighted by molar-refractivity contribution is 0.573. The maximum Gasteiger partial charge on any atom is 0.211 e. The fraction of sp³-hybridized carbons (Fsp3) is 0.692. The molecule has 1 aromatic heterocycles. The molecular formula is C13H24N2O2S2. The molecule has 0 aliphatic carbocycles. The zero-order valence-electron chi connectivity index (χ0n) is 11.7. The standard InChI is InChI=1S/C13H24N2O2S2/c1-3-7-14-8-4-5-10-19(16,17)15-11-13-12(2)6-9-18-13/h6,9,14-15H,3-5,7-8,10-11H2,1-2H3. The van der Waals surface area contributed by atoms with Crippen LogP contribution in [0.5, 0.6) is 0 Å². The van der Waals surface area contributed by atoms with E-state index in [2.05, 4.69) is 17.0 Å². The molecule has 2 N–H and O–H groups in total. The van der Waals surface area contributed by atoms with Crippen LogP contribution in [0.1, 0.15) is 36.6 Å². The lowest BCUT2D eigenvalue weighted by Crippen LogP contribution is -2.26. The molecule has 0 spiro atoms. The van der Waals surface area contributed by atoms with Crippen molar-refractivity contribution in [3.05, 3.63) is 21.9 Å². The van der Waals surface area contributed by atoms with E-state index in [0.717, 1.165) is 36.4 Å². The molecule has 0 unspecified atom stereocenters. The highest BCUT2D eigenvalue weighted by atomic mass is 32.2. The number of thiophene rings is 1. The summed E-state index contributed by atoms with van der Waals surface area (Å²) >= 11 is 1.59. The number of nitrogens with one attached hydrogen (secondary N) is 2. The van der Waals surface area contributed by atoms with Gasteiger partial charge in [-0.05, 0) is 56.3 Å². The summed E-state index contributed by atoms with van der Waals surface area (Å²) in [6, 6.07) is 2.01. The molecule has 19 heavy (non-hydrogen) atoms. The molecule has 0 saturated heterocycles. The van der Waals surface area contributed by atoms with Gasteiger partial charge in [0, 0.05) is 11.4 Å². The summed E-state index contributed by atoms with van der Waals surface area (Å²) in [5.74, 6) is 0.214. The highest BCUT2D eigenvalue weighted by Crippen LogP contribution is 2.15. The van der Waals surface area contributed by atoms with Crippen molar-refractivity contribution in [2.75, 3.05) is 18.8 Å². The van der Waals surface area contributed by atoms with Gasteiger partial charge in [-0.1, -0.05) is 6.92 Å². The first-order valence-electron chi connectivity index (χ1n) is 6.76. The van der Waals surface area contributed by atoms with Gasteiger partial charge in [0.1, 0.15) is 0 Å². The summed E-state index contributed by atoms with van der Waals surface area (Å²) in [6.45, 7) is 6.43. The quantitative estimate of drug-likeness (QED) is 0.652. The molecule has 6 heteroatoms. The molecule has 1 heterocycles. The summed E-state index contributed by atoms with van der Waals surface area (Å²) in [7, 11) is -3.14. The van der Waals surface area contributed by atoms with E-state index in [4.69, 9.17) is 0 Å². The summed E-state index contributed by atoms with van der Waals surface area (Å²) in [4.78, 5) is 1.09. The van der Waals surface area contributed by atoms with Crippen LogP contribution in [0.25, 0.3) is 0 Å². The Morgan fingerprint density at radius 2 is 2.05 bits per heavy atom. The van der Waals surface area contributed by atoms with Crippen LogP contribution >= 0.6 is 11.3 Å². The summed E-state index contributed by atoms with van der Waals surface area (Å²) < 4.78 is 26.3. The molecule has 1 aromatic rings. The van der Waals surface area contributed by atoms with E-state index < -0.39 is 10.0 Å². The minimum atomic E-state index is -3.14. The largest absolute Gasteiger partial charge is 0.317 e. The zero-order chi connectivity index (χ0) is 14.1. The van der Waals surface area contributed by atoms with E-state index >= 15 is 0 Å². The van der Waals surface area contributed by atoms with Crippen LogP contribution in [-0.2, 0) is 16.6 Å². The van der Waals surface area contributed by atoms with Crippen molar-refractivity contribution in [3.63, 3.8) is 0 Å². The molecular weight excluding hydrogens is 280 g/mol. The predicted octanol–water partition coefficient (Wildman–Crippen LogP) is 2.26. The van der Waals surface area contributed by atoms with E-state index in [1.807, 2.05) is 18.4 Å². The molecule has 0 atom stereocenters. The Morgan fingerprint density at radius 1 is 1.26 bits per heavy atom. The van der Waals surface area contributed by atoms with Gasteiger partial charge in [-0.25, -0.2) is 13.1 Å². The second-order valence-corrected chi connectivity index (χ2v) is 7.55. The van der Waals surface area contributed by atoms with Crippen molar-refractivity contribution >= 4 is 21.4 Å². The highest BCUT2D eigenvalue weighted by molar-refractivity contribution is 7.89. The van der Waals surface area contributed by atoms with Gasteiger partial charge in [0.25, 0.3) is 0 Å². The number of rotatable bonds is 10. The van der Waals surface area contributed by atoms with E-state index in [1.165, 1.54) is 0 Å². The molecule has 0 radical (unpaired) electrons. The van der Waals surface area contributed by atoms with E-state index in [-0.39, 0.29) is 5.75 Å². The molecule has 0 aromatic carbocycles. The number of aryl methyl sites for hydroxylation is 1. The van der Waals surface area contributed by atoms with Gasteiger partial charge >= 0.3 is 0 Å². The fourth-order valence-corrected chi connectivity index (χ4v) is 3.71. The Labute approximate surface area is 120 Å². The first kappa shape index (κ1) is 16.6. The Kier molecular flexibility index (Phi) is 7.60. The van der Waals surface area contributed by atoms with Crippen LogP contribution in [0, 0.1) is 6.92 Å². The van der Waals surface area contributed by atoms with Gasteiger partial charge in [0.15, 0.2) is 0 Å². The van der Waals surface area contributed by atoms with Gasteiger partial charge in [0.2, 0.25) is 10.0 Å². The number of hydrogen-bond donors (Lipinski definition) is 2. The molecule has 0 aliphatic rings. The van der Waals surface area contributed by atoms with Crippen molar-refractivity contribution in [1.29, 1.82) is 0 Å². The van der Waals surface area contributed by atoms with Crippen molar-refractivity contribution in [2.45, 2.75) is 39.7 Å². The van der Waals surface area contributed by atoms with Crippen LogP contribution in [0.4, 0.5) is 0 Å². The van der Waals surface area contributed by atoms with Gasteiger partial charge < -0.3 is 5.32 Å². The zero-order valence-corrected chi connectivity index (χ0v) is 13.4. The lowest BCUT2D eigenvalue weighted by atomic mass is 10.3. The molecule has 0 bridgehead atoms. The number of unbranched alkanes of at least 4 members (excludes halogenated alkanes) is 1. The molecule has 0 fully saturated rings. The van der Waals surface area contributed by atoms with Crippen molar-refractivity contribution in [1.82, 2.24) is 10.0 Å². The summed E-state index contributed by atoms with van der Waals surface area (Å²) in [5.41, 5.74) is 1.15. The van der Waals surface area contributed by atoms with Crippen LogP contribution in [0.15, 0.2) is 11.4 Å². The topological polar surface area (TPSA) is 58.2 Å². The number of hydrogen-bond acceptors (Lipinski definition) is 4. The molecule has 110 valence electrons. The fourth-order valence-electron chi connectivity index (χ4n) is 1.68. The summed E-state index contributed by atoms with van der Waals surface area (Å²) in [6.07, 6.45) is 2.72. The van der Waals surface area contributed by atoms with E-state index in [9.17, 15) is 8.42 Å². The third-order valence-electron chi connectivity index (χ3n) is 2.86. The maximum absolute atomic E-state index is 11.8. The van der Waals surface area contributed by atoms with E-state index in [1.54, 1.807) is 11.3 Å². The molecule has 4 nitrogen and oxygen atoms in total.